The Labute approximate surface area is 167 Å². The van der Waals surface area contributed by atoms with Crippen molar-refractivity contribution in [3.8, 4) is 5.75 Å². The predicted octanol–water partition coefficient (Wildman–Crippen LogP) is 4.19. The van der Waals surface area contributed by atoms with Gasteiger partial charge in [0.15, 0.2) is 6.61 Å². The molecular weight excluding hydrogens is 352 g/mol. The molecule has 0 unspecified atom stereocenters. The van der Waals surface area contributed by atoms with Gasteiger partial charge in [0.05, 0.1) is 18.9 Å². The van der Waals surface area contributed by atoms with Crippen molar-refractivity contribution in [2.75, 3.05) is 32.9 Å². The molecule has 2 aromatic rings. The van der Waals surface area contributed by atoms with Crippen molar-refractivity contribution in [3.63, 3.8) is 0 Å². The Bertz CT molecular complexity index is 778. The van der Waals surface area contributed by atoms with Crippen molar-refractivity contribution in [1.82, 2.24) is 4.90 Å². The van der Waals surface area contributed by atoms with Crippen molar-refractivity contribution >= 4 is 17.8 Å². The molecule has 28 heavy (non-hydrogen) atoms. The van der Waals surface area contributed by atoms with Gasteiger partial charge in [0.1, 0.15) is 5.75 Å². The normalized spacial score (nSPS) is 15.6. The highest BCUT2D eigenvalue weighted by molar-refractivity contribution is 5.82. The molecule has 0 N–H and O–H groups in total. The summed E-state index contributed by atoms with van der Waals surface area (Å²) in [6.07, 6.45) is 2.97. The summed E-state index contributed by atoms with van der Waals surface area (Å²) < 4.78 is 10.9. The largest absolute Gasteiger partial charge is 0.484 e. The third-order valence-electron chi connectivity index (χ3n) is 5.04. The molecule has 1 heterocycles. The molecule has 0 bridgehead atoms. The summed E-state index contributed by atoms with van der Waals surface area (Å²) in [6, 6.07) is 16.0. The van der Waals surface area contributed by atoms with Crippen LogP contribution in [0.5, 0.6) is 5.75 Å². The zero-order valence-corrected chi connectivity index (χ0v) is 16.6. The molecule has 148 valence electrons. The predicted molar refractivity (Wildman–Crippen MR) is 112 cm³/mol. The molecule has 0 saturated carbocycles. The first-order valence-electron chi connectivity index (χ1n) is 9.88. The maximum atomic E-state index is 12.1. The zero-order valence-electron chi connectivity index (χ0n) is 16.6. The van der Waals surface area contributed by atoms with E-state index in [4.69, 9.17) is 9.47 Å². The van der Waals surface area contributed by atoms with Crippen LogP contribution < -0.4 is 4.74 Å². The van der Waals surface area contributed by atoms with Gasteiger partial charge >= 0.3 is 0 Å². The second kappa shape index (κ2) is 10.0. The maximum Gasteiger partial charge on any atom is 0.260 e. The van der Waals surface area contributed by atoms with Crippen molar-refractivity contribution in [3.05, 3.63) is 59.7 Å². The van der Waals surface area contributed by atoms with Crippen LogP contribution in [0.15, 0.2) is 53.5 Å². The van der Waals surface area contributed by atoms with Crippen LogP contribution in [0.2, 0.25) is 0 Å². The zero-order chi connectivity index (χ0) is 19.8. The Morgan fingerprint density at radius 3 is 2.46 bits per heavy atom. The van der Waals surface area contributed by atoms with Gasteiger partial charge in [0.25, 0.3) is 5.91 Å². The van der Waals surface area contributed by atoms with Gasteiger partial charge in [-0.3, -0.25) is 9.79 Å². The van der Waals surface area contributed by atoms with E-state index in [2.05, 4.69) is 31.0 Å². The van der Waals surface area contributed by atoms with Crippen LogP contribution in [0.4, 0.5) is 5.69 Å². The fourth-order valence-corrected chi connectivity index (χ4v) is 2.97. The van der Waals surface area contributed by atoms with Crippen molar-refractivity contribution in [1.29, 1.82) is 0 Å². The topological polar surface area (TPSA) is 51.1 Å². The van der Waals surface area contributed by atoms with Crippen LogP contribution in [0.3, 0.4) is 0 Å². The first-order valence-corrected chi connectivity index (χ1v) is 9.88. The number of hydrogen-bond donors (Lipinski definition) is 0. The first kappa shape index (κ1) is 20.1. The van der Waals surface area contributed by atoms with Gasteiger partial charge in [0.2, 0.25) is 0 Å². The summed E-state index contributed by atoms with van der Waals surface area (Å²) in [5, 5.41) is 0. The van der Waals surface area contributed by atoms with Gasteiger partial charge in [0, 0.05) is 19.3 Å². The van der Waals surface area contributed by atoms with Crippen LogP contribution in [0.1, 0.15) is 37.3 Å². The number of hydrogen-bond acceptors (Lipinski definition) is 4. The van der Waals surface area contributed by atoms with Crippen LogP contribution in [0.25, 0.3) is 0 Å². The van der Waals surface area contributed by atoms with E-state index in [1.807, 2.05) is 42.6 Å². The molecule has 0 aliphatic carbocycles. The lowest BCUT2D eigenvalue weighted by molar-refractivity contribution is -0.137. The minimum atomic E-state index is -0.00484. The van der Waals surface area contributed by atoms with Crippen LogP contribution in [-0.2, 0) is 9.53 Å². The number of benzene rings is 2. The van der Waals surface area contributed by atoms with E-state index < -0.39 is 0 Å². The van der Waals surface area contributed by atoms with Gasteiger partial charge in [-0.25, -0.2) is 0 Å². The van der Waals surface area contributed by atoms with Crippen LogP contribution >= 0.6 is 0 Å². The highest BCUT2D eigenvalue weighted by atomic mass is 16.5. The lowest BCUT2D eigenvalue weighted by Crippen LogP contribution is -2.42. The second-order valence-electron chi connectivity index (χ2n) is 7.01. The number of carbonyl (C=O) groups is 1. The van der Waals surface area contributed by atoms with Crippen molar-refractivity contribution in [2.24, 2.45) is 4.99 Å². The molecule has 1 aliphatic heterocycles. The fraction of sp³-hybridized carbons (Fsp3) is 0.391. The Hall–Kier alpha value is -2.66. The summed E-state index contributed by atoms with van der Waals surface area (Å²) >= 11 is 0. The van der Waals surface area contributed by atoms with Crippen LogP contribution in [0, 0.1) is 0 Å². The van der Waals surface area contributed by atoms with Crippen molar-refractivity contribution in [2.45, 2.75) is 26.2 Å². The Morgan fingerprint density at radius 2 is 1.82 bits per heavy atom. The number of rotatable bonds is 7. The average molecular weight is 380 g/mol. The quantitative estimate of drug-likeness (QED) is 0.677. The number of amides is 1. The summed E-state index contributed by atoms with van der Waals surface area (Å²) in [5.74, 6) is 1.24. The fourth-order valence-electron chi connectivity index (χ4n) is 2.97. The summed E-state index contributed by atoms with van der Waals surface area (Å²) in [5.41, 5.74) is 3.26. The molecular formula is C23H28N2O3. The van der Waals surface area contributed by atoms with Crippen molar-refractivity contribution < 1.29 is 14.3 Å². The molecule has 1 aliphatic rings. The Morgan fingerprint density at radius 1 is 1.14 bits per heavy atom. The van der Waals surface area contributed by atoms with E-state index >= 15 is 0 Å². The molecule has 1 atom stereocenters. The minimum Gasteiger partial charge on any atom is -0.484 e. The summed E-state index contributed by atoms with van der Waals surface area (Å²) in [7, 11) is 0. The van der Waals surface area contributed by atoms with Crippen LogP contribution in [-0.4, -0.2) is 49.9 Å². The lowest BCUT2D eigenvalue weighted by atomic mass is 9.99. The number of carbonyl (C=O) groups excluding carboxylic acids is 1. The number of nitrogens with zero attached hydrogens (tertiary/aromatic N) is 2. The molecule has 5 heteroatoms. The van der Waals surface area contributed by atoms with Gasteiger partial charge < -0.3 is 14.4 Å². The third kappa shape index (κ3) is 5.67. The van der Waals surface area contributed by atoms with Gasteiger partial charge in [-0.2, -0.15) is 0 Å². The van der Waals surface area contributed by atoms with E-state index in [-0.39, 0.29) is 12.5 Å². The highest BCUT2D eigenvalue weighted by Gasteiger charge is 2.16. The van der Waals surface area contributed by atoms with Gasteiger partial charge in [-0.05, 0) is 59.9 Å². The molecule has 2 aromatic carbocycles. The highest BCUT2D eigenvalue weighted by Crippen LogP contribution is 2.22. The van der Waals surface area contributed by atoms with Gasteiger partial charge in [-0.15, -0.1) is 0 Å². The van der Waals surface area contributed by atoms with E-state index in [1.165, 1.54) is 5.56 Å². The first-order chi connectivity index (χ1) is 13.7. The monoisotopic (exact) mass is 380 g/mol. The van der Waals surface area contributed by atoms with E-state index in [0.717, 1.165) is 17.7 Å². The molecule has 1 saturated heterocycles. The van der Waals surface area contributed by atoms with E-state index in [1.54, 1.807) is 4.90 Å². The standard InChI is InChI=1S/C23H28N2O3/c1-3-18(2)20-6-8-21(9-7-20)24-16-19-4-10-22(11-5-19)28-17-23(26)25-12-14-27-15-13-25/h4-11,16,18H,3,12-15,17H2,1-2H3/t18-/m0/s1. The van der Waals surface area contributed by atoms with E-state index in [0.29, 0.717) is 38.0 Å². The average Bonchev–Trinajstić information content (AvgIpc) is 2.77. The molecule has 0 aromatic heterocycles. The Kier molecular flexibility index (Phi) is 7.20. The smallest absolute Gasteiger partial charge is 0.260 e. The van der Waals surface area contributed by atoms with Gasteiger partial charge in [-0.1, -0.05) is 26.0 Å². The SMILES string of the molecule is CC[C@H](C)c1ccc(N=Cc2ccc(OCC(=O)N3CCOCC3)cc2)cc1. The molecule has 1 amide bonds. The molecule has 1 fully saturated rings. The third-order valence-corrected chi connectivity index (χ3v) is 5.04. The number of ether oxygens (including phenoxy) is 2. The van der Waals surface area contributed by atoms with E-state index in [9.17, 15) is 4.79 Å². The summed E-state index contributed by atoms with van der Waals surface area (Å²) in [4.78, 5) is 18.4. The summed E-state index contributed by atoms with van der Waals surface area (Å²) in [6.45, 7) is 6.95. The molecule has 0 radical (unpaired) electrons. The number of aliphatic imine (C=N–C) groups is 1. The molecule has 3 rings (SSSR count). The second-order valence-corrected chi connectivity index (χ2v) is 7.01. The minimum absolute atomic E-state index is 0.00484. The lowest BCUT2D eigenvalue weighted by Gasteiger charge is -2.26. The number of morpholine rings is 1. The Balaban J connectivity index is 1.51. The maximum absolute atomic E-state index is 12.1. The molecule has 5 nitrogen and oxygen atoms in total. The molecule has 0 spiro atoms.